The van der Waals surface area contributed by atoms with Crippen LogP contribution >= 0.6 is 12.2 Å². The molecule has 0 spiro atoms. The molecule has 0 bridgehead atoms. The van der Waals surface area contributed by atoms with Crippen LogP contribution in [0.3, 0.4) is 0 Å². The molecule has 1 N–H and O–H groups in total. The number of nitriles is 1. The van der Waals surface area contributed by atoms with Gasteiger partial charge in [-0.05, 0) is 24.6 Å². The van der Waals surface area contributed by atoms with E-state index in [9.17, 15) is 0 Å². The molecule has 0 saturated heterocycles. The van der Waals surface area contributed by atoms with Gasteiger partial charge >= 0.3 is 0 Å². The molecular formula is C9H7N3S. The number of rotatable bonds is 0. The van der Waals surface area contributed by atoms with Crippen LogP contribution in [0.15, 0.2) is 18.3 Å². The monoisotopic (exact) mass is 189 g/mol. The van der Waals surface area contributed by atoms with Crippen LogP contribution in [0, 0.1) is 22.9 Å². The van der Waals surface area contributed by atoms with Crippen LogP contribution < -0.4 is 0 Å². The number of pyridine rings is 1. The minimum atomic E-state index is 0.494. The number of hydrogen-bond acceptors (Lipinski definition) is 2. The fraction of sp³-hybridized carbons (Fsp3) is 0.111. The first-order chi connectivity index (χ1) is 6.22. The van der Waals surface area contributed by atoms with Crippen LogP contribution in [-0.2, 0) is 0 Å². The Kier molecular flexibility index (Phi) is 1.67. The van der Waals surface area contributed by atoms with Crippen molar-refractivity contribution in [2.45, 2.75) is 6.92 Å². The lowest BCUT2D eigenvalue weighted by molar-refractivity contribution is 0.950. The van der Waals surface area contributed by atoms with E-state index in [0.717, 1.165) is 11.1 Å². The predicted molar refractivity (Wildman–Crippen MR) is 52.0 cm³/mol. The maximum atomic E-state index is 8.85. The van der Waals surface area contributed by atoms with Crippen LogP contribution in [0.4, 0.5) is 0 Å². The Hall–Kier alpha value is -1.60. The highest BCUT2D eigenvalue weighted by Crippen LogP contribution is 2.12. The van der Waals surface area contributed by atoms with E-state index in [0.29, 0.717) is 10.2 Å². The third kappa shape index (κ3) is 1.14. The summed E-state index contributed by atoms with van der Waals surface area (Å²) in [7, 11) is 0. The summed E-state index contributed by atoms with van der Waals surface area (Å²) in [6.45, 7) is 1.98. The topological polar surface area (TPSA) is 44.0 Å². The Labute approximate surface area is 80.2 Å². The number of aryl methyl sites for hydroxylation is 1. The first-order valence-corrected chi connectivity index (χ1v) is 4.24. The summed E-state index contributed by atoms with van der Waals surface area (Å²) in [4.78, 5) is 0. The molecule has 2 rings (SSSR count). The van der Waals surface area contributed by atoms with Gasteiger partial charge in [-0.25, -0.2) is 0 Å². The third-order valence-corrected chi connectivity index (χ3v) is 2.22. The molecule has 0 atom stereocenters. The predicted octanol–water partition coefficient (Wildman–Crippen LogP) is 2.18. The summed E-state index contributed by atoms with van der Waals surface area (Å²) in [5.41, 5.74) is 2.50. The van der Waals surface area contributed by atoms with Crippen LogP contribution in [0.25, 0.3) is 5.52 Å². The van der Waals surface area contributed by atoms with Gasteiger partial charge in [0.2, 0.25) is 0 Å². The van der Waals surface area contributed by atoms with E-state index in [-0.39, 0.29) is 0 Å². The van der Waals surface area contributed by atoms with Gasteiger partial charge in [-0.15, -0.1) is 0 Å². The smallest absolute Gasteiger partial charge is 0.138 e. The van der Waals surface area contributed by atoms with E-state index in [1.807, 2.05) is 25.3 Å². The highest BCUT2D eigenvalue weighted by atomic mass is 32.1. The van der Waals surface area contributed by atoms with E-state index in [1.165, 1.54) is 0 Å². The number of H-pyrrole nitrogens is 1. The number of aromatic nitrogens is 2. The first kappa shape index (κ1) is 8.02. The van der Waals surface area contributed by atoms with Crippen molar-refractivity contribution in [3.63, 3.8) is 0 Å². The van der Waals surface area contributed by atoms with Crippen molar-refractivity contribution in [2.24, 2.45) is 0 Å². The van der Waals surface area contributed by atoms with E-state index < -0.39 is 0 Å². The number of nitrogens with one attached hydrogen (secondary N) is 1. The zero-order valence-electron chi connectivity index (χ0n) is 7.03. The standard InChI is InChI=1S/C9H7N3S/c1-6-2-3-12-8(4-6)7(5-10)9(13)11-12/h2-4H,1H3,(H,11,13). The van der Waals surface area contributed by atoms with E-state index in [4.69, 9.17) is 17.5 Å². The third-order valence-electron chi connectivity index (χ3n) is 1.93. The molecule has 13 heavy (non-hydrogen) atoms. The number of hydrogen-bond donors (Lipinski definition) is 1. The fourth-order valence-electron chi connectivity index (χ4n) is 1.29. The molecule has 0 fully saturated rings. The Morgan fingerprint density at radius 2 is 2.38 bits per heavy atom. The Morgan fingerprint density at radius 1 is 1.62 bits per heavy atom. The zero-order chi connectivity index (χ0) is 9.42. The second kappa shape index (κ2) is 2.71. The first-order valence-electron chi connectivity index (χ1n) is 3.83. The molecule has 2 aromatic heterocycles. The molecule has 3 nitrogen and oxygen atoms in total. The molecular weight excluding hydrogens is 182 g/mol. The average Bonchev–Trinajstić information content (AvgIpc) is 2.40. The van der Waals surface area contributed by atoms with Crippen molar-refractivity contribution in [1.29, 1.82) is 5.26 Å². The van der Waals surface area contributed by atoms with Crippen LogP contribution in [-0.4, -0.2) is 9.61 Å². The van der Waals surface area contributed by atoms with Gasteiger partial charge in [-0.1, -0.05) is 12.2 Å². The summed E-state index contributed by atoms with van der Waals surface area (Å²) in [6, 6.07) is 5.98. The quantitative estimate of drug-likeness (QED) is 0.645. The van der Waals surface area contributed by atoms with Crippen molar-refractivity contribution >= 4 is 17.7 Å². The summed E-state index contributed by atoms with van der Waals surface area (Å²) in [5, 5.41) is 11.8. The lowest BCUT2D eigenvalue weighted by Crippen LogP contribution is -1.86. The molecule has 0 radical (unpaired) electrons. The summed E-state index contributed by atoms with van der Waals surface area (Å²) in [6.07, 6.45) is 1.86. The maximum absolute atomic E-state index is 8.85. The van der Waals surface area contributed by atoms with Crippen molar-refractivity contribution in [3.8, 4) is 6.07 Å². The van der Waals surface area contributed by atoms with E-state index in [1.54, 1.807) is 4.52 Å². The Balaban J connectivity index is 2.99. The minimum absolute atomic E-state index is 0.494. The van der Waals surface area contributed by atoms with Gasteiger partial charge in [0.15, 0.2) is 0 Å². The Bertz CT molecular complexity index is 556. The number of fused-ring (bicyclic) bond motifs is 1. The van der Waals surface area contributed by atoms with Crippen molar-refractivity contribution in [2.75, 3.05) is 0 Å². The van der Waals surface area contributed by atoms with Gasteiger partial charge < -0.3 is 0 Å². The molecule has 2 heterocycles. The number of aromatic amines is 1. The molecule has 0 aliphatic rings. The molecule has 64 valence electrons. The highest BCUT2D eigenvalue weighted by molar-refractivity contribution is 7.71. The Morgan fingerprint density at radius 3 is 3.08 bits per heavy atom. The summed E-state index contributed by atoms with van der Waals surface area (Å²) in [5.74, 6) is 0. The maximum Gasteiger partial charge on any atom is 0.138 e. The molecule has 0 aliphatic heterocycles. The number of nitrogens with zero attached hydrogens (tertiary/aromatic N) is 2. The average molecular weight is 189 g/mol. The van der Waals surface area contributed by atoms with Crippen LogP contribution in [0.1, 0.15) is 11.1 Å². The van der Waals surface area contributed by atoms with E-state index >= 15 is 0 Å². The van der Waals surface area contributed by atoms with Crippen molar-refractivity contribution < 1.29 is 0 Å². The lowest BCUT2D eigenvalue weighted by atomic mass is 10.2. The largest absolute Gasteiger partial charge is 0.283 e. The molecule has 4 heteroatoms. The normalized spacial score (nSPS) is 10.2. The second-order valence-electron chi connectivity index (χ2n) is 2.89. The van der Waals surface area contributed by atoms with Gasteiger partial charge in [-0.3, -0.25) is 9.61 Å². The summed E-state index contributed by atoms with van der Waals surface area (Å²) >= 11 is 5.00. The van der Waals surface area contributed by atoms with Crippen molar-refractivity contribution in [1.82, 2.24) is 9.61 Å². The highest BCUT2D eigenvalue weighted by Gasteiger charge is 2.04. The SMILES string of the molecule is Cc1ccn2[nH]c(=S)c(C#N)c2c1. The van der Waals surface area contributed by atoms with Gasteiger partial charge in [0.1, 0.15) is 16.3 Å². The lowest BCUT2D eigenvalue weighted by Gasteiger charge is -1.94. The molecule has 0 unspecified atom stereocenters. The fourth-order valence-corrected chi connectivity index (χ4v) is 1.53. The van der Waals surface area contributed by atoms with Crippen molar-refractivity contribution in [3.05, 3.63) is 34.1 Å². The van der Waals surface area contributed by atoms with Crippen LogP contribution in [0.5, 0.6) is 0 Å². The molecule has 0 saturated carbocycles. The molecule has 0 aliphatic carbocycles. The van der Waals surface area contributed by atoms with E-state index in [2.05, 4.69) is 11.2 Å². The van der Waals surface area contributed by atoms with Gasteiger partial charge in [-0.2, -0.15) is 5.26 Å². The molecule has 0 amide bonds. The second-order valence-corrected chi connectivity index (χ2v) is 3.30. The van der Waals surface area contributed by atoms with Crippen LogP contribution in [0.2, 0.25) is 0 Å². The molecule has 2 aromatic rings. The molecule has 0 aromatic carbocycles. The minimum Gasteiger partial charge on any atom is -0.283 e. The van der Waals surface area contributed by atoms with Gasteiger partial charge in [0.25, 0.3) is 0 Å². The summed E-state index contributed by atoms with van der Waals surface area (Å²) < 4.78 is 2.25. The zero-order valence-corrected chi connectivity index (χ0v) is 7.85. The van der Waals surface area contributed by atoms with Gasteiger partial charge in [0.05, 0.1) is 5.52 Å². The van der Waals surface area contributed by atoms with Gasteiger partial charge in [0, 0.05) is 6.20 Å².